The Bertz CT molecular complexity index is 54.4. The smallest absolute Gasteiger partial charge is 0.150 e. The fourth-order valence-electron chi connectivity index (χ4n) is 0. The van der Waals surface area contributed by atoms with Crippen LogP contribution in [0.25, 0.3) is 0 Å². The van der Waals surface area contributed by atoms with Gasteiger partial charge < -0.3 is 9.35 Å². The fourth-order valence-corrected chi connectivity index (χ4v) is 0. The van der Waals surface area contributed by atoms with Crippen LogP contribution in [-0.4, -0.2) is 0 Å². The molecule has 2 N–H and O–H groups in total. The van der Waals surface area contributed by atoms with Crippen molar-refractivity contribution in [3.8, 4) is 0 Å². The second-order valence-electron chi connectivity index (χ2n) is 0.260. The van der Waals surface area contributed by atoms with Gasteiger partial charge in [-0.1, -0.05) is 0 Å². The summed E-state index contributed by atoms with van der Waals surface area (Å²) in [4.78, 5) is 0. The van der Waals surface area contributed by atoms with Crippen LogP contribution in [0.3, 0.4) is 0 Å². The summed E-state index contributed by atoms with van der Waals surface area (Å²) < 4.78 is 9.15. The molecule has 0 radical (unpaired) electrons. The third-order valence-electron chi connectivity index (χ3n) is 0. The number of rotatable bonds is 0. The van der Waals surface area contributed by atoms with Crippen LogP contribution in [0.1, 0.15) is 0 Å². The Morgan fingerprint density at radius 2 is 2.00 bits per heavy atom. The third-order valence-corrected chi connectivity index (χ3v) is 0. The summed E-state index contributed by atoms with van der Waals surface area (Å²) in [6.07, 6.45) is 0. The van der Waals surface area contributed by atoms with Crippen molar-refractivity contribution in [3.63, 3.8) is 0 Å². The summed E-state index contributed by atoms with van der Waals surface area (Å²) in [6.45, 7) is 0. The van der Waals surface area contributed by atoms with Crippen LogP contribution in [0.5, 0.6) is 0 Å². The zero-order valence-electron chi connectivity index (χ0n) is 1.80. The van der Waals surface area contributed by atoms with E-state index in [1.165, 1.54) is 0 Å². The van der Waals surface area contributed by atoms with Crippen molar-refractivity contribution >= 4 is 20.7 Å². The Balaban J connectivity index is 3.51. The molecule has 0 saturated heterocycles. The lowest BCUT2D eigenvalue weighted by Gasteiger charge is -1.67. The van der Waals surface area contributed by atoms with Crippen LogP contribution in [0.15, 0.2) is 0 Å². The summed E-state index contributed by atoms with van der Waals surface area (Å²) in [7, 11) is -1.53. The zero-order valence-corrected chi connectivity index (χ0v) is 3.44. The lowest BCUT2D eigenvalue weighted by molar-refractivity contribution is 0.604. The van der Waals surface area contributed by atoms with E-state index in [1.54, 1.807) is 0 Å². The standard InChI is InChI=1S/H2NOS2/c1-4(2)3/h(H2,1,2,3)/q-1. The van der Waals surface area contributed by atoms with E-state index in [0.717, 1.165) is 0 Å². The van der Waals surface area contributed by atoms with Crippen LogP contribution >= 0.6 is 0 Å². The molecule has 0 unspecified atom stereocenters. The predicted octanol–water partition coefficient (Wildman–Crippen LogP) is -0.714. The van der Waals surface area contributed by atoms with E-state index in [2.05, 4.69) is 16.3 Å². The first kappa shape index (κ1) is 4.33. The van der Waals surface area contributed by atoms with Gasteiger partial charge in [0, 0.05) is 0 Å². The van der Waals surface area contributed by atoms with Gasteiger partial charge >= 0.3 is 0 Å². The molecule has 0 atom stereocenters. The normalized spacial score (nSPS) is 8.50. The molecule has 0 amide bonds. The second-order valence-corrected chi connectivity index (χ2v) is 1.77. The summed E-state index contributed by atoms with van der Waals surface area (Å²) >= 11 is 3.87. The van der Waals surface area contributed by atoms with E-state index in [4.69, 9.17) is 4.21 Å². The van der Waals surface area contributed by atoms with Gasteiger partial charge in [0.25, 0.3) is 0 Å². The molecule has 0 aliphatic heterocycles. The van der Waals surface area contributed by atoms with Gasteiger partial charge in [-0.2, -0.15) is 0 Å². The van der Waals surface area contributed by atoms with Gasteiger partial charge in [0.15, 0.2) is 0 Å². The van der Waals surface area contributed by atoms with Crippen LogP contribution in [0, 0.1) is 0 Å². The lowest BCUT2D eigenvalue weighted by Crippen LogP contribution is -1.82. The molecular weight excluding hydrogens is 94.1 g/mol. The van der Waals surface area contributed by atoms with Gasteiger partial charge in [-0.25, -0.2) is 11.2 Å². The average Bonchev–Trinajstić information content (AvgIpc) is 0.811. The Morgan fingerprint density at radius 3 is 2.00 bits per heavy atom. The van der Waals surface area contributed by atoms with Gasteiger partial charge in [-0.15, -0.1) is 9.54 Å². The molecule has 0 spiro atoms. The quantitative estimate of drug-likeness (QED) is 0.405. The van der Waals surface area contributed by atoms with Gasteiger partial charge in [0.05, 0.1) is 0 Å². The molecule has 0 aliphatic carbocycles. The minimum Gasteiger partial charge on any atom is -0.437 e. The van der Waals surface area contributed by atoms with E-state index < -0.39 is 9.54 Å². The molecule has 4 heteroatoms. The zero-order chi connectivity index (χ0) is 3.58. The number of hydrogen-bond acceptors (Lipinski definition) is 3. The SMILES string of the molecule is N[S-](=O)=S. The molecule has 4 heavy (non-hydrogen) atoms. The highest BCUT2D eigenvalue weighted by Gasteiger charge is 1.17. The molecule has 0 aliphatic rings. The van der Waals surface area contributed by atoms with E-state index in [9.17, 15) is 0 Å². The van der Waals surface area contributed by atoms with Gasteiger partial charge in [0.1, 0.15) is 0 Å². The largest absolute Gasteiger partial charge is 0.437 e. The average molecular weight is 96.2 g/mol. The van der Waals surface area contributed by atoms with Crippen LogP contribution in [0.4, 0.5) is 0 Å². The highest BCUT2D eigenvalue weighted by atomic mass is 32.8. The maximum absolute atomic E-state index is 9.15. The molecule has 2 nitrogen and oxygen atoms in total. The third kappa shape index (κ3) is 37.8. The van der Waals surface area contributed by atoms with E-state index in [0.29, 0.717) is 0 Å². The lowest BCUT2D eigenvalue weighted by atomic mass is 14.0. The predicted molar refractivity (Wildman–Crippen MR) is 19.6 cm³/mol. The summed E-state index contributed by atoms with van der Waals surface area (Å²) in [6, 6.07) is 0. The van der Waals surface area contributed by atoms with Crippen molar-refractivity contribution in [2.24, 2.45) is 5.14 Å². The maximum Gasteiger partial charge on any atom is -0.150 e. The van der Waals surface area contributed by atoms with Crippen molar-refractivity contribution in [1.82, 2.24) is 0 Å². The monoisotopic (exact) mass is 96.0 g/mol. The first-order valence-electron chi connectivity index (χ1n) is 0.569. The molecule has 26 valence electrons. The first-order chi connectivity index (χ1) is 1.73. The molecule has 0 rings (SSSR count). The minimum absolute atomic E-state index is 1.53. The van der Waals surface area contributed by atoms with E-state index in [1.807, 2.05) is 0 Å². The van der Waals surface area contributed by atoms with Gasteiger partial charge in [-0.3, -0.25) is 0 Å². The first-order valence-corrected chi connectivity index (χ1v) is 2.71. The highest BCUT2D eigenvalue weighted by Crippen LogP contribution is 1.22. The Kier molecular flexibility index (Phi) is 1.76. The van der Waals surface area contributed by atoms with Crippen molar-refractivity contribution in [1.29, 1.82) is 0 Å². The van der Waals surface area contributed by atoms with Crippen molar-refractivity contribution in [3.05, 3.63) is 0 Å². The molecule has 0 aromatic heterocycles. The van der Waals surface area contributed by atoms with Crippen molar-refractivity contribution < 1.29 is 4.21 Å². The maximum atomic E-state index is 9.15. The summed E-state index contributed by atoms with van der Waals surface area (Å²) in [5.74, 6) is 0. The minimum atomic E-state index is -1.53. The van der Waals surface area contributed by atoms with E-state index in [-0.39, 0.29) is 0 Å². The fraction of sp³-hybridized carbons (Fsp3) is 0. The topological polar surface area (TPSA) is 43.1 Å². The Labute approximate surface area is 30.8 Å². The number of nitrogens with two attached hydrogens (primary N) is 1. The molecule has 0 aromatic carbocycles. The highest BCUT2D eigenvalue weighted by molar-refractivity contribution is 8.20. The summed E-state index contributed by atoms with van der Waals surface area (Å²) in [5, 5.41) is 4.40. The molecule has 0 fully saturated rings. The molecule has 0 saturated carbocycles. The Morgan fingerprint density at radius 1 is 2.00 bits per heavy atom. The van der Waals surface area contributed by atoms with Crippen LogP contribution in [-0.2, 0) is 24.9 Å². The molecule has 0 heterocycles. The molecule has 0 bridgehead atoms. The van der Waals surface area contributed by atoms with E-state index >= 15 is 0 Å². The molecule has 0 aromatic rings. The Hall–Kier alpha value is 0.330. The summed E-state index contributed by atoms with van der Waals surface area (Å²) in [5.41, 5.74) is 0. The van der Waals surface area contributed by atoms with Gasteiger partial charge in [0.2, 0.25) is 0 Å². The van der Waals surface area contributed by atoms with Crippen LogP contribution in [0.2, 0.25) is 0 Å². The van der Waals surface area contributed by atoms with Crippen LogP contribution < -0.4 is 5.14 Å². The van der Waals surface area contributed by atoms with Gasteiger partial charge in [-0.05, 0) is 0 Å². The van der Waals surface area contributed by atoms with Crippen molar-refractivity contribution in [2.45, 2.75) is 0 Å². The number of hydrogen-bond donors (Lipinski definition) is 1. The molecular formula is H2NOS2-. The second kappa shape index (κ2) is 1.63. The van der Waals surface area contributed by atoms with Crippen molar-refractivity contribution in [2.75, 3.05) is 0 Å².